The van der Waals surface area contributed by atoms with E-state index in [-0.39, 0.29) is 5.91 Å². The molecule has 1 amide bonds. The van der Waals surface area contributed by atoms with Crippen molar-refractivity contribution in [1.82, 2.24) is 5.32 Å². The first-order chi connectivity index (χ1) is 5.84. The van der Waals surface area contributed by atoms with E-state index in [9.17, 15) is 4.79 Å². The Morgan fingerprint density at radius 2 is 2.42 bits per heavy atom. The van der Waals surface area contributed by atoms with Gasteiger partial charge in [-0.25, -0.2) is 0 Å². The Hall–Kier alpha value is -1.09. The summed E-state index contributed by atoms with van der Waals surface area (Å²) in [4.78, 5) is 11.3. The van der Waals surface area contributed by atoms with Gasteiger partial charge in [0.05, 0.1) is 0 Å². The summed E-state index contributed by atoms with van der Waals surface area (Å²) >= 11 is 0. The zero-order valence-electron chi connectivity index (χ0n) is 7.05. The molecule has 3 N–H and O–H groups in total. The second-order valence-electron chi connectivity index (χ2n) is 2.68. The van der Waals surface area contributed by atoms with Gasteiger partial charge in [0.2, 0.25) is 0 Å². The van der Waals surface area contributed by atoms with Crippen LogP contribution in [0, 0.1) is 0 Å². The van der Waals surface area contributed by atoms with Crippen molar-refractivity contribution in [2.45, 2.75) is 12.8 Å². The summed E-state index contributed by atoms with van der Waals surface area (Å²) in [6.45, 7) is 1.03. The third-order valence-corrected chi connectivity index (χ3v) is 1.69. The molecule has 1 aliphatic rings. The van der Waals surface area contributed by atoms with E-state index in [0.29, 0.717) is 13.1 Å². The molecule has 0 saturated carbocycles. The van der Waals surface area contributed by atoms with E-state index in [1.807, 2.05) is 18.2 Å². The van der Waals surface area contributed by atoms with Crippen LogP contribution >= 0.6 is 0 Å². The fraction of sp³-hybridized carbons (Fsp3) is 0.444. The first-order valence-electron chi connectivity index (χ1n) is 4.19. The Morgan fingerprint density at radius 3 is 3.00 bits per heavy atom. The van der Waals surface area contributed by atoms with Crippen LogP contribution < -0.4 is 11.1 Å². The molecule has 0 atom stereocenters. The number of nitrogens with two attached hydrogens (primary N) is 1. The van der Waals surface area contributed by atoms with Crippen LogP contribution in [0.2, 0.25) is 0 Å². The maximum atomic E-state index is 11.3. The van der Waals surface area contributed by atoms with Gasteiger partial charge in [0.25, 0.3) is 5.91 Å². The lowest BCUT2D eigenvalue weighted by Gasteiger charge is -2.06. The van der Waals surface area contributed by atoms with Crippen LogP contribution in [0.25, 0.3) is 0 Å². The van der Waals surface area contributed by atoms with E-state index in [0.717, 1.165) is 18.4 Å². The lowest BCUT2D eigenvalue weighted by molar-refractivity contribution is -0.117. The van der Waals surface area contributed by atoms with Crippen LogP contribution in [0.5, 0.6) is 0 Å². The topological polar surface area (TPSA) is 55.1 Å². The predicted octanol–water partition coefficient (Wildman–Crippen LogP) is 0.338. The van der Waals surface area contributed by atoms with Crippen molar-refractivity contribution in [2.24, 2.45) is 5.73 Å². The van der Waals surface area contributed by atoms with E-state index in [4.69, 9.17) is 5.73 Å². The van der Waals surface area contributed by atoms with Gasteiger partial charge >= 0.3 is 0 Å². The Morgan fingerprint density at radius 1 is 1.58 bits per heavy atom. The molecular formula is C9H14N2O. The normalized spacial score (nSPS) is 15.6. The van der Waals surface area contributed by atoms with Crippen LogP contribution in [-0.2, 0) is 4.79 Å². The average molecular weight is 166 g/mol. The second-order valence-corrected chi connectivity index (χ2v) is 2.68. The first-order valence-corrected chi connectivity index (χ1v) is 4.19. The number of carbonyl (C=O) groups is 1. The van der Waals surface area contributed by atoms with Crippen LogP contribution in [0.4, 0.5) is 0 Å². The van der Waals surface area contributed by atoms with Crippen molar-refractivity contribution >= 4 is 5.91 Å². The lowest BCUT2D eigenvalue weighted by Crippen LogP contribution is -2.29. The minimum absolute atomic E-state index is 0.0172. The van der Waals surface area contributed by atoms with Crippen molar-refractivity contribution in [2.75, 3.05) is 13.1 Å². The summed E-state index contributed by atoms with van der Waals surface area (Å²) in [5, 5.41) is 2.72. The lowest BCUT2D eigenvalue weighted by atomic mass is 10.1. The van der Waals surface area contributed by atoms with E-state index in [1.54, 1.807) is 0 Å². The largest absolute Gasteiger partial charge is 0.351 e. The quantitative estimate of drug-likeness (QED) is 0.635. The zero-order chi connectivity index (χ0) is 8.81. The molecular weight excluding hydrogens is 152 g/mol. The monoisotopic (exact) mass is 166 g/mol. The van der Waals surface area contributed by atoms with Gasteiger partial charge in [-0.3, -0.25) is 4.79 Å². The smallest absolute Gasteiger partial charge is 0.250 e. The van der Waals surface area contributed by atoms with Crippen LogP contribution in [-0.4, -0.2) is 19.0 Å². The predicted molar refractivity (Wildman–Crippen MR) is 48.5 cm³/mol. The van der Waals surface area contributed by atoms with Gasteiger partial charge in [0, 0.05) is 18.7 Å². The standard InChI is InChI=1S/C9H14N2O/c10-6-7-11-9(12)8-4-2-1-3-5-8/h2,4-5H,1,3,6-7,10H2,(H,11,12). The summed E-state index contributed by atoms with van der Waals surface area (Å²) in [5.74, 6) is -0.0172. The van der Waals surface area contributed by atoms with Crippen molar-refractivity contribution in [3.63, 3.8) is 0 Å². The third kappa shape index (κ3) is 2.51. The molecule has 0 radical (unpaired) electrons. The maximum Gasteiger partial charge on any atom is 0.250 e. The molecule has 0 aromatic heterocycles. The number of amides is 1. The molecule has 66 valence electrons. The van der Waals surface area contributed by atoms with Crippen molar-refractivity contribution in [1.29, 1.82) is 0 Å². The second kappa shape index (κ2) is 4.72. The zero-order valence-corrected chi connectivity index (χ0v) is 7.05. The number of rotatable bonds is 3. The molecule has 0 aliphatic heterocycles. The minimum atomic E-state index is -0.0172. The highest BCUT2D eigenvalue weighted by Crippen LogP contribution is 2.08. The number of hydrogen-bond donors (Lipinski definition) is 2. The van der Waals surface area contributed by atoms with Crippen LogP contribution in [0.1, 0.15) is 12.8 Å². The van der Waals surface area contributed by atoms with Gasteiger partial charge in [0.15, 0.2) is 0 Å². The van der Waals surface area contributed by atoms with E-state index < -0.39 is 0 Å². The number of allylic oxidation sites excluding steroid dienone is 2. The Bertz CT molecular complexity index is 219. The van der Waals surface area contributed by atoms with Gasteiger partial charge in [-0.15, -0.1) is 0 Å². The van der Waals surface area contributed by atoms with E-state index in [1.165, 1.54) is 0 Å². The van der Waals surface area contributed by atoms with Gasteiger partial charge < -0.3 is 11.1 Å². The summed E-state index contributed by atoms with van der Waals surface area (Å²) in [7, 11) is 0. The maximum absolute atomic E-state index is 11.3. The van der Waals surface area contributed by atoms with Gasteiger partial charge in [0.1, 0.15) is 0 Å². The van der Waals surface area contributed by atoms with Crippen molar-refractivity contribution in [3.05, 3.63) is 23.8 Å². The van der Waals surface area contributed by atoms with Crippen LogP contribution in [0.15, 0.2) is 23.8 Å². The Balaban J connectivity index is 2.41. The molecule has 1 rings (SSSR count). The highest BCUT2D eigenvalue weighted by atomic mass is 16.1. The molecule has 0 aromatic carbocycles. The molecule has 0 heterocycles. The van der Waals surface area contributed by atoms with Crippen molar-refractivity contribution in [3.8, 4) is 0 Å². The van der Waals surface area contributed by atoms with Crippen molar-refractivity contribution < 1.29 is 4.79 Å². The number of hydrogen-bond acceptors (Lipinski definition) is 2. The van der Waals surface area contributed by atoms with Gasteiger partial charge in [-0.05, 0) is 12.8 Å². The average Bonchev–Trinajstić information content (AvgIpc) is 2.15. The molecule has 0 fully saturated rings. The van der Waals surface area contributed by atoms with Gasteiger partial charge in [-0.2, -0.15) is 0 Å². The molecule has 1 aliphatic carbocycles. The molecule has 3 nitrogen and oxygen atoms in total. The summed E-state index contributed by atoms with van der Waals surface area (Å²) in [6, 6.07) is 0. The van der Waals surface area contributed by atoms with Crippen LogP contribution in [0.3, 0.4) is 0 Å². The first kappa shape index (κ1) is 9.00. The molecule has 0 saturated heterocycles. The number of nitrogens with one attached hydrogen (secondary N) is 1. The molecule has 0 aromatic rings. The Labute approximate surface area is 72.3 Å². The van der Waals surface area contributed by atoms with E-state index >= 15 is 0 Å². The highest BCUT2D eigenvalue weighted by molar-refractivity contribution is 5.96. The molecule has 0 bridgehead atoms. The molecule has 0 unspecified atom stereocenters. The fourth-order valence-electron chi connectivity index (χ4n) is 1.07. The summed E-state index contributed by atoms with van der Waals surface area (Å²) < 4.78 is 0. The molecule has 12 heavy (non-hydrogen) atoms. The number of carbonyl (C=O) groups excluding carboxylic acids is 1. The third-order valence-electron chi connectivity index (χ3n) is 1.69. The fourth-order valence-corrected chi connectivity index (χ4v) is 1.07. The SMILES string of the molecule is NCCNC(=O)C1=CCCC=C1. The van der Waals surface area contributed by atoms with Gasteiger partial charge in [-0.1, -0.05) is 18.2 Å². The molecule has 0 spiro atoms. The van der Waals surface area contributed by atoms with E-state index in [2.05, 4.69) is 5.32 Å². The molecule has 3 heteroatoms. The highest BCUT2D eigenvalue weighted by Gasteiger charge is 2.05. The summed E-state index contributed by atoms with van der Waals surface area (Å²) in [6.07, 6.45) is 7.81. The minimum Gasteiger partial charge on any atom is -0.351 e. The summed E-state index contributed by atoms with van der Waals surface area (Å²) in [5.41, 5.74) is 6.01. The Kier molecular flexibility index (Phi) is 3.54.